The standard InChI is InChI=1S/C21H27N3O2/c1-15(18-6-4-3-5-7-18)24-21(25)19-8-9-20(23-16(19)2)26-14-17-10-12-22-13-11-17/h8-13,15,18H,3-7,14H2,1-2H3,(H,24,25)/t15-/m1/s1. The Balaban J connectivity index is 1.58. The van der Waals surface area contributed by atoms with Crippen LogP contribution in [0.2, 0.25) is 0 Å². The van der Waals surface area contributed by atoms with Crippen LogP contribution in [-0.4, -0.2) is 21.9 Å². The van der Waals surface area contributed by atoms with E-state index in [1.807, 2.05) is 19.1 Å². The summed E-state index contributed by atoms with van der Waals surface area (Å²) in [4.78, 5) is 21.0. The van der Waals surface area contributed by atoms with Crippen molar-refractivity contribution in [1.82, 2.24) is 15.3 Å². The molecular formula is C21H27N3O2. The van der Waals surface area contributed by atoms with Gasteiger partial charge in [-0.2, -0.15) is 0 Å². The minimum absolute atomic E-state index is 0.0474. The number of nitrogens with one attached hydrogen (secondary N) is 1. The first-order valence-electron chi connectivity index (χ1n) is 9.43. The van der Waals surface area contributed by atoms with Gasteiger partial charge in [0, 0.05) is 24.5 Å². The molecule has 1 atom stereocenters. The summed E-state index contributed by atoms with van der Waals surface area (Å²) in [6.07, 6.45) is 9.75. The van der Waals surface area contributed by atoms with E-state index in [2.05, 4.69) is 22.2 Å². The third-order valence-electron chi connectivity index (χ3n) is 5.16. The average molecular weight is 353 g/mol. The van der Waals surface area contributed by atoms with E-state index in [1.165, 1.54) is 32.1 Å². The molecule has 1 N–H and O–H groups in total. The summed E-state index contributed by atoms with van der Waals surface area (Å²) in [5, 5.41) is 3.16. The third-order valence-corrected chi connectivity index (χ3v) is 5.16. The molecule has 1 fully saturated rings. The second-order valence-corrected chi connectivity index (χ2v) is 7.09. The fraction of sp³-hybridized carbons (Fsp3) is 0.476. The van der Waals surface area contributed by atoms with Crippen molar-refractivity contribution in [1.29, 1.82) is 0 Å². The van der Waals surface area contributed by atoms with Crippen LogP contribution in [0.4, 0.5) is 0 Å². The van der Waals surface area contributed by atoms with Crippen molar-refractivity contribution in [3.63, 3.8) is 0 Å². The second-order valence-electron chi connectivity index (χ2n) is 7.09. The van der Waals surface area contributed by atoms with Gasteiger partial charge in [0.05, 0.1) is 11.3 Å². The molecule has 138 valence electrons. The van der Waals surface area contributed by atoms with Gasteiger partial charge < -0.3 is 10.1 Å². The van der Waals surface area contributed by atoms with Crippen LogP contribution < -0.4 is 10.1 Å². The molecular weight excluding hydrogens is 326 g/mol. The van der Waals surface area contributed by atoms with Gasteiger partial charge in [0.15, 0.2) is 0 Å². The molecule has 1 aliphatic rings. The summed E-state index contributed by atoms with van der Waals surface area (Å²) >= 11 is 0. The van der Waals surface area contributed by atoms with Crippen LogP contribution in [-0.2, 0) is 6.61 Å². The van der Waals surface area contributed by atoms with Crippen LogP contribution in [0.1, 0.15) is 60.6 Å². The lowest BCUT2D eigenvalue weighted by molar-refractivity contribution is 0.0918. The van der Waals surface area contributed by atoms with E-state index in [0.717, 1.165) is 5.56 Å². The quantitative estimate of drug-likeness (QED) is 0.850. The predicted octanol–water partition coefficient (Wildman–Crippen LogP) is 4.06. The zero-order chi connectivity index (χ0) is 18.4. The highest BCUT2D eigenvalue weighted by Gasteiger charge is 2.22. The van der Waals surface area contributed by atoms with Crippen LogP contribution in [0.3, 0.4) is 0 Å². The van der Waals surface area contributed by atoms with Crippen LogP contribution >= 0.6 is 0 Å². The number of carbonyl (C=O) groups is 1. The first-order chi connectivity index (χ1) is 12.6. The normalized spacial score (nSPS) is 16.1. The van der Waals surface area contributed by atoms with E-state index in [1.54, 1.807) is 24.5 Å². The third kappa shape index (κ3) is 4.81. The van der Waals surface area contributed by atoms with Gasteiger partial charge in [0.25, 0.3) is 5.91 Å². The van der Waals surface area contributed by atoms with Crippen molar-refractivity contribution in [3.8, 4) is 5.88 Å². The minimum Gasteiger partial charge on any atom is -0.473 e. The molecule has 3 rings (SSSR count). The van der Waals surface area contributed by atoms with E-state index in [4.69, 9.17) is 4.74 Å². The zero-order valence-corrected chi connectivity index (χ0v) is 15.6. The van der Waals surface area contributed by atoms with Gasteiger partial charge in [-0.15, -0.1) is 0 Å². The van der Waals surface area contributed by atoms with Crippen molar-refractivity contribution >= 4 is 5.91 Å². The topological polar surface area (TPSA) is 64.1 Å². The number of nitrogens with zero attached hydrogens (tertiary/aromatic N) is 2. The van der Waals surface area contributed by atoms with E-state index in [9.17, 15) is 4.79 Å². The van der Waals surface area contributed by atoms with Gasteiger partial charge >= 0.3 is 0 Å². The number of aromatic nitrogens is 2. The summed E-state index contributed by atoms with van der Waals surface area (Å²) in [5.41, 5.74) is 2.33. The summed E-state index contributed by atoms with van der Waals surface area (Å²) in [6, 6.07) is 7.56. The molecule has 1 aliphatic carbocycles. The molecule has 0 aromatic carbocycles. The smallest absolute Gasteiger partial charge is 0.253 e. The Labute approximate surface area is 155 Å². The highest BCUT2D eigenvalue weighted by molar-refractivity contribution is 5.95. The monoisotopic (exact) mass is 353 g/mol. The van der Waals surface area contributed by atoms with Crippen molar-refractivity contribution < 1.29 is 9.53 Å². The molecule has 0 aliphatic heterocycles. The number of hydrogen-bond donors (Lipinski definition) is 1. The largest absolute Gasteiger partial charge is 0.473 e. The maximum Gasteiger partial charge on any atom is 0.253 e. The van der Waals surface area contributed by atoms with Crippen LogP contribution in [0.25, 0.3) is 0 Å². The van der Waals surface area contributed by atoms with E-state index < -0.39 is 0 Å². The Morgan fingerprint density at radius 2 is 1.92 bits per heavy atom. The van der Waals surface area contributed by atoms with E-state index >= 15 is 0 Å². The molecule has 2 heterocycles. The van der Waals surface area contributed by atoms with Crippen LogP contribution in [0.15, 0.2) is 36.7 Å². The molecule has 2 aromatic rings. The molecule has 2 aromatic heterocycles. The molecule has 5 nitrogen and oxygen atoms in total. The Bertz CT molecular complexity index is 727. The molecule has 0 bridgehead atoms. The number of amides is 1. The van der Waals surface area contributed by atoms with Crippen LogP contribution in [0.5, 0.6) is 5.88 Å². The van der Waals surface area contributed by atoms with Crippen LogP contribution in [0, 0.1) is 12.8 Å². The van der Waals surface area contributed by atoms with E-state index in [0.29, 0.717) is 29.7 Å². The maximum absolute atomic E-state index is 12.6. The van der Waals surface area contributed by atoms with Crippen molar-refractivity contribution in [2.45, 2.75) is 58.6 Å². The Morgan fingerprint density at radius 1 is 1.19 bits per heavy atom. The number of rotatable bonds is 6. The maximum atomic E-state index is 12.6. The van der Waals surface area contributed by atoms with Gasteiger partial charge in [-0.3, -0.25) is 9.78 Å². The fourth-order valence-electron chi connectivity index (χ4n) is 3.53. The average Bonchev–Trinajstić information content (AvgIpc) is 2.68. The highest BCUT2D eigenvalue weighted by Crippen LogP contribution is 2.26. The zero-order valence-electron chi connectivity index (χ0n) is 15.6. The minimum atomic E-state index is -0.0474. The lowest BCUT2D eigenvalue weighted by Crippen LogP contribution is -2.39. The first-order valence-corrected chi connectivity index (χ1v) is 9.43. The van der Waals surface area contributed by atoms with Gasteiger partial charge in [-0.1, -0.05) is 19.3 Å². The molecule has 26 heavy (non-hydrogen) atoms. The number of ether oxygens (including phenoxy) is 1. The summed E-state index contributed by atoms with van der Waals surface area (Å²) in [5.74, 6) is 1.06. The van der Waals surface area contributed by atoms with Gasteiger partial charge in [-0.05, 0) is 56.4 Å². The number of pyridine rings is 2. The van der Waals surface area contributed by atoms with Gasteiger partial charge in [0.2, 0.25) is 5.88 Å². The van der Waals surface area contributed by atoms with Crippen molar-refractivity contribution in [2.24, 2.45) is 5.92 Å². The SMILES string of the molecule is Cc1nc(OCc2ccncc2)ccc1C(=O)N[C@H](C)C1CCCCC1. The molecule has 0 radical (unpaired) electrons. The number of carbonyl (C=O) groups excluding carboxylic acids is 1. The van der Waals surface area contributed by atoms with Gasteiger partial charge in [0.1, 0.15) is 6.61 Å². The Morgan fingerprint density at radius 3 is 2.62 bits per heavy atom. The summed E-state index contributed by atoms with van der Waals surface area (Å²) in [7, 11) is 0. The van der Waals surface area contributed by atoms with Crippen molar-refractivity contribution in [2.75, 3.05) is 0 Å². The van der Waals surface area contributed by atoms with Crippen molar-refractivity contribution in [3.05, 3.63) is 53.5 Å². The second kappa shape index (κ2) is 8.79. The Hall–Kier alpha value is -2.43. The number of hydrogen-bond acceptors (Lipinski definition) is 4. The lowest BCUT2D eigenvalue weighted by atomic mass is 9.84. The lowest BCUT2D eigenvalue weighted by Gasteiger charge is -2.28. The fourth-order valence-corrected chi connectivity index (χ4v) is 3.53. The summed E-state index contributed by atoms with van der Waals surface area (Å²) in [6.45, 7) is 4.39. The molecule has 0 saturated heterocycles. The highest BCUT2D eigenvalue weighted by atomic mass is 16.5. The molecule has 0 spiro atoms. The van der Waals surface area contributed by atoms with Gasteiger partial charge in [-0.25, -0.2) is 4.98 Å². The number of aryl methyl sites for hydroxylation is 1. The Kier molecular flexibility index (Phi) is 6.21. The van der Waals surface area contributed by atoms with E-state index in [-0.39, 0.29) is 11.9 Å². The summed E-state index contributed by atoms with van der Waals surface area (Å²) < 4.78 is 5.71. The predicted molar refractivity (Wildman–Crippen MR) is 101 cm³/mol. The molecule has 5 heteroatoms. The molecule has 0 unspecified atom stereocenters. The molecule has 1 saturated carbocycles. The first kappa shape index (κ1) is 18.4. The molecule has 1 amide bonds.